The van der Waals surface area contributed by atoms with Crippen LogP contribution in [0.4, 0.5) is 5.69 Å². The van der Waals surface area contributed by atoms with E-state index in [1.54, 1.807) is 22.3 Å². The molecule has 0 radical (unpaired) electrons. The minimum absolute atomic E-state index is 0. The molecule has 0 fully saturated rings. The minimum Gasteiger partial charge on any atom is -0.362 e. The van der Waals surface area contributed by atoms with E-state index in [4.69, 9.17) is 0 Å². The number of anilines is 1. The topological polar surface area (TPSA) is 6.25 Å². The molecule has 4 aliphatic heterocycles. The fourth-order valence-corrected chi connectivity index (χ4v) is 11.0. The molecule has 2 nitrogen and oxygen atoms in total. The average molecular weight is 653 g/mol. The Morgan fingerprint density at radius 1 is 0.633 bits per heavy atom. The zero-order valence-corrected chi connectivity index (χ0v) is 33.3. The Balaban J connectivity index is 0.00000378. The summed E-state index contributed by atoms with van der Waals surface area (Å²) in [6, 6.07) is 12.4. The summed E-state index contributed by atoms with van der Waals surface area (Å²) in [5, 5.41) is 2.95. The van der Waals surface area contributed by atoms with Crippen molar-refractivity contribution in [3.05, 3.63) is 116 Å². The molecule has 3 aromatic carbocycles. The number of hydrogen-bond donors (Lipinski definition) is 0. The Kier molecular flexibility index (Phi) is 7.03. The summed E-state index contributed by atoms with van der Waals surface area (Å²) in [5.41, 5.74) is 20.3. The summed E-state index contributed by atoms with van der Waals surface area (Å²) in [7, 11) is 0. The van der Waals surface area contributed by atoms with E-state index in [0.29, 0.717) is 0 Å². The highest BCUT2D eigenvalue weighted by Crippen LogP contribution is 2.57. The van der Waals surface area contributed by atoms with E-state index in [1.807, 2.05) is 0 Å². The van der Waals surface area contributed by atoms with Crippen LogP contribution < -0.4 is 20.1 Å². The molecule has 0 aromatic heterocycles. The van der Waals surface area contributed by atoms with Crippen LogP contribution in [0, 0.1) is 21.3 Å². The van der Waals surface area contributed by atoms with Gasteiger partial charge in [0, 0.05) is 60.0 Å². The molecule has 3 aromatic rings. The molecule has 0 unspecified atom stereocenters. The molecule has 0 saturated heterocycles. The Bertz CT molecular complexity index is 2190. The third-order valence-corrected chi connectivity index (χ3v) is 13.2. The maximum Gasteiger partial charge on any atom is 0.212 e. The van der Waals surface area contributed by atoms with Crippen LogP contribution >= 0.6 is 0 Å². The first-order valence-corrected chi connectivity index (χ1v) is 18.5. The molecule has 5 aliphatic rings. The number of allylic oxidation sites excluding steroid dienone is 2. The molecular formula is C47H60N2. The van der Waals surface area contributed by atoms with Crippen molar-refractivity contribution in [1.29, 1.82) is 0 Å². The molecule has 0 bridgehead atoms. The van der Waals surface area contributed by atoms with Crippen molar-refractivity contribution in [2.75, 3.05) is 18.0 Å². The summed E-state index contributed by atoms with van der Waals surface area (Å²) >= 11 is 0. The molecule has 0 saturated carbocycles. The van der Waals surface area contributed by atoms with Gasteiger partial charge in [0.05, 0.1) is 5.54 Å². The van der Waals surface area contributed by atoms with Crippen LogP contribution in [0.5, 0.6) is 0 Å². The molecule has 4 heterocycles. The maximum absolute atomic E-state index is 2.75. The molecule has 0 N–H and O–H groups in total. The maximum atomic E-state index is 2.75. The van der Waals surface area contributed by atoms with Gasteiger partial charge in [0.2, 0.25) is 5.36 Å². The van der Waals surface area contributed by atoms with Gasteiger partial charge in [0.15, 0.2) is 5.54 Å². The van der Waals surface area contributed by atoms with E-state index in [9.17, 15) is 0 Å². The predicted molar refractivity (Wildman–Crippen MR) is 212 cm³/mol. The normalized spacial score (nSPS) is 22.5. The quantitative estimate of drug-likeness (QED) is 0.187. The second-order valence-electron chi connectivity index (χ2n) is 19.0. The smallest absolute Gasteiger partial charge is 0.212 e. The number of aryl methyl sites for hydroxylation is 2. The monoisotopic (exact) mass is 652 g/mol. The van der Waals surface area contributed by atoms with Gasteiger partial charge in [-0.15, -0.1) is 0 Å². The Morgan fingerprint density at radius 2 is 1.29 bits per heavy atom. The van der Waals surface area contributed by atoms with Gasteiger partial charge in [-0.1, -0.05) is 71.4 Å². The lowest BCUT2D eigenvalue weighted by atomic mass is 9.58. The van der Waals surface area contributed by atoms with Crippen LogP contribution in [0.2, 0.25) is 0 Å². The van der Waals surface area contributed by atoms with Crippen molar-refractivity contribution >= 4 is 22.4 Å². The molecular weight excluding hydrogens is 593 g/mol. The molecule has 1 aliphatic carbocycles. The second kappa shape index (κ2) is 10.1. The number of fused-ring (bicyclic) bond motifs is 4. The Morgan fingerprint density at radius 3 is 1.96 bits per heavy atom. The minimum atomic E-state index is -0.194. The highest BCUT2D eigenvalue weighted by atomic mass is 15.2. The first-order chi connectivity index (χ1) is 22.2. The van der Waals surface area contributed by atoms with Gasteiger partial charge in [0.25, 0.3) is 0 Å². The lowest BCUT2D eigenvalue weighted by molar-refractivity contribution is 0.311. The van der Waals surface area contributed by atoms with Crippen LogP contribution in [0.3, 0.4) is 0 Å². The van der Waals surface area contributed by atoms with Crippen LogP contribution in [-0.2, 0) is 16.2 Å². The van der Waals surface area contributed by atoms with Gasteiger partial charge < -0.3 is 12.3 Å². The highest BCUT2D eigenvalue weighted by molar-refractivity contribution is 5.95. The van der Waals surface area contributed by atoms with E-state index in [2.05, 4.69) is 149 Å². The van der Waals surface area contributed by atoms with E-state index >= 15 is 0 Å². The van der Waals surface area contributed by atoms with Gasteiger partial charge in [-0.3, -0.25) is 0 Å². The molecule has 0 spiro atoms. The summed E-state index contributed by atoms with van der Waals surface area (Å²) in [4.78, 5) is 2.75. The number of rotatable bonds is 1. The zero-order valence-electron chi connectivity index (χ0n) is 33.3. The van der Waals surface area contributed by atoms with Gasteiger partial charge in [-0.25, -0.2) is 4.58 Å². The van der Waals surface area contributed by atoms with Crippen molar-refractivity contribution < 1.29 is 0 Å². The predicted octanol–water partition coefficient (Wildman–Crippen LogP) is 9.69. The van der Waals surface area contributed by atoms with Gasteiger partial charge in [-0.05, 0) is 127 Å². The second-order valence-corrected chi connectivity index (χ2v) is 19.0. The SMILES string of the molecule is CC1=CC(C)(C)N2CCC(C)(C)c3c2c1cc1c3C(C)(C)c2c3c4c(cc2=C1c1ccc(C)cc1C)C(C)=CC(C)(C)[N+]=4CCC3(C)C.[CH3-]. The summed E-state index contributed by atoms with van der Waals surface area (Å²) in [5.74, 6) is 0. The van der Waals surface area contributed by atoms with E-state index in [-0.39, 0.29) is 34.7 Å². The molecule has 258 valence electrons. The van der Waals surface area contributed by atoms with Crippen molar-refractivity contribution in [2.24, 2.45) is 0 Å². The van der Waals surface area contributed by atoms with Crippen LogP contribution in [0.1, 0.15) is 152 Å². The zero-order chi connectivity index (χ0) is 34.7. The fourth-order valence-electron chi connectivity index (χ4n) is 11.0. The lowest BCUT2D eigenvalue weighted by Crippen LogP contribution is -2.58. The van der Waals surface area contributed by atoms with Crippen molar-refractivity contribution in [3.63, 3.8) is 0 Å². The van der Waals surface area contributed by atoms with Crippen molar-refractivity contribution in [2.45, 2.75) is 137 Å². The first kappa shape index (κ1) is 34.1. The molecule has 0 atom stereocenters. The van der Waals surface area contributed by atoms with Gasteiger partial charge in [-0.2, -0.15) is 0 Å². The van der Waals surface area contributed by atoms with E-state index < -0.39 is 0 Å². The molecule has 0 amide bonds. The molecule has 8 rings (SSSR count). The van der Waals surface area contributed by atoms with Gasteiger partial charge in [0.1, 0.15) is 6.54 Å². The Labute approximate surface area is 297 Å². The van der Waals surface area contributed by atoms with Crippen molar-refractivity contribution in [3.8, 4) is 0 Å². The third-order valence-electron chi connectivity index (χ3n) is 13.2. The molecule has 2 heteroatoms. The Hall–Kier alpha value is -3.39. The number of nitrogens with zero attached hydrogens (tertiary/aromatic N) is 2. The summed E-state index contributed by atoms with van der Waals surface area (Å²) in [6.45, 7) is 36.4. The highest BCUT2D eigenvalue weighted by Gasteiger charge is 2.51. The third kappa shape index (κ3) is 4.40. The van der Waals surface area contributed by atoms with Crippen LogP contribution in [0.15, 0.2) is 42.5 Å². The van der Waals surface area contributed by atoms with Crippen LogP contribution in [0.25, 0.3) is 16.7 Å². The standard InChI is InChI=1S/C46H57N2.CH3/c1-26-15-16-30(27(2)21-26)35-33-22-31-28(3)24-44(9,10)47-19-17-42(5,6)38(40(31)47)36(33)46(13,14)37-34(35)23-32-29(4)25-45(11,12)48-20-18-43(7,8)39(37)41(32)48;/h15-16,21-25H,17-20H2,1-14H3;1H3/q+1;-1. The number of benzene rings is 3. The van der Waals surface area contributed by atoms with E-state index in [0.717, 1.165) is 25.9 Å². The first-order valence-electron chi connectivity index (χ1n) is 18.5. The van der Waals surface area contributed by atoms with Crippen molar-refractivity contribution in [1.82, 2.24) is 4.58 Å². The lowest BCUT2D eigenvalue weighted by Gasteiger charge is -2.53. The van der Waals surface area contributed by atoms with Gasteiger partial charge >= 0.3 is 0 Å². The van der Waals surface area contributed by atoms with E-state index in [1.165, 1.54) is 66.4 Å². The summed E-state index contributed by atoms with van der Waals surface area (Å²) in [6.07, 6.45) is 7.36. The molecule has 49 heavy (non-hydrogen) atoms. The largest absolute Gasteiger partial charge is 0.362 e. The number of hydrogen-bond acceptors (Lipinski definition) is 1. The average Bonchev–Trinajstić information content (AvgIpc) is 2.95. The summed E-state index contributed by atoms with van der Waals surface area (Å²) < 4.78 is 2.75. The van der Waals surface area contributed by atoms with Crippen LogP contribution in [-0.4, -0.2) is 24.2 Å². The fraction of sp³-hybridized carbons (Fsp3) is 0.489.